The van der Waals surface area contributed by atoms with Crippen LogP contribution in [-0.2, 0) is 4.79 Å². The molecule has 0 spiro atoms. The fourth-order valence-corrected chi connectivity index (χ4v) is 0.899. The van der Waals surface area contributed by atoms with Gasteiger partial charge < -0.3 is 5.11 Å². The third-order valence-electron chi connectivity index (χ3n) is 1.88. The predicted molar refractivity (Wildman–Crippen MR) is 34.5 cm³/mol. The number of carbonyl (C=O) groups is 1. The largest absolute Gasteiger partial charge is 0.477 e. The van der Waals surface area contributed by atoms with Crippen molar-refractivity contribution in [1.29, 1.82) is 0 Å². The van der Waals surface area contributed by atoms with Crippen LogP contribution in [0.4, 0.5) is 8.78 Å². The maximum Gasteiger partial charge on any atom is 0.374 e. The second-order valence-electron chi connectivity index (χ2n) is 2.99. The monoisotopic (exact) mass is 164 g/mol. The van der Waals surface area contributed by atoms with E-state index in [-0.39, 0.29) is 0 Å². The van der Waals surface area contributed by atoms with Crippen LogP contribution in [0.2, 0.25) is 0 Å². The first-order chi connectivity index (χ1) is 5.02. The summed E-state index contributed by atoms with van der Waals surface area (Å²) < 4.78 is 24.7. The van der Waals surface area contributed by atoms with Gasteiger partial charge in [0, 0.05) is 6.42 Å². The topological polar surface area (TPSA) is 37.3 Å². The Labute approximate surface area is 63.2 Å². The Morgan fingerprint density at radius 3 is 2.45 bits per heavy atom. The molecule has 1 saturated carbocycles. The van der Waals surface area contributed by atoms with Crippen LogP contribution in [0.3, 0.4) is 0 Å². The molecule has 0 aromatic carbocycles. The van der Waals surface area contributed by atoms with Gasteiger partial charge in [-0.05, 0) is 12.3 Å². The van der Waals surface area contributed by atoms with E-state index < -0.39 is 18.3 Å². The van der Waals surface area contributed by atoms with Crippen molar-refractivity contribution in [3.63, 3.8) is 0 Å². The molecule has 0 aliphatic heterocycles. The van der Waals surface area contributed by atoms with E-state index in [1.54, 1.807) is 0 Å². The van der Waals surface area contributed by atoms with Gasteiger partial charge in [0.25, 0.3) is 0 Å². The smallest absolute Gasteiger partial charge is 0.374 e. The van der Waals surface area contributed by atoms with E-state index >= 15 is 0 Å². The summed E-state index contributed by atoms with van der Waals surface area (Å²) in [6.45, 7) is 0. The highest BCUT2D eigenvalue weighted by molar-refractivity contribution is 5.75. The van der Waals surface area contributed by atoms with Crippen LogP contribution < -0.4 is 0 Å². The minimum atomic E-state index is -3.51. The summed E-state index contributed by atoms with van der Waals surface area (Å²) in [7, 11) is 0. The summed E-state index contributed by atoms with van der Waals surface area (Å²) in [6, 6.07) is 0. The Bertz CT molecular complexity index is 164. The van der Waals surface area contributed by atoms with Crippen LogP contribution >= 0.6 is 0 Å². The van der Waals surface area contributed by atoms with Crippen LogP contribution in [0.1, 0.15) is 25.7 Å². The van der Waals surface area contributed by atoms with Crippen molar-refractivity contribution in [2.45, 2.75) is 31.6 Å². The van der Waals surface area contributed by atoms with Gasteiger partial charge in [0.1, 0.15) is 0 Å². The van der Waals surface area contributed by atoms with Crippen LogP contribution in [0, 0.1) is 5.92 Å². The molecule has 0 radical (unpaired) electrons. The summed E-state index contributed by atoms with van der Waals surface area (Å²) in [5, 5.41) is 8.02. The SMILES string of the molecule is O=C(O)C(F)(F)CCC1CC1. The third-order valence-corrected chi connectivity index (χ3v) is 1.88. The van der Waals surface area contributed by atoms with Gasteiger partial charge in [-0.15, -0.1) is 0 Å². The Balaban J connectivity index is 2.26. The first-order valence-corrected chi connectivity index (χ1v) is 3.63. The van der Waals surface area contributed by atoms with Gasteiger partial charge in [0.05, 0.1) is 0 Å². The summed E-state index contributed by atoms with van der Waals surface area (Å²) in [6.07, 6.45) is 1.80. The van der Waals surface area contributed by atoms with Crippen LogP contribution in [0.5, 0.6) is 0 Å². The molecular weight excluding hydrogens is 154 g/mol. The van der Waals surface area contributed by atoms with Crippen LogP contribution in [-0.4, -0.2) is 17.0 Å². The second-order valence-corrected chi connectivity index (χ2v) is 2.99. The molecule has 64 valence electrons. The standard InChI is InChI=1S/C7H10F2O2/c8-7(9,6(10)11)4-3-5-1-2-5/h5H,1-4H2,(H,10,11). The Morgan fingerprint density at radius 1 is 1.55 bits per heavy atom. The van der Waals surface area contributed by atoms with Crippen molar-refractivity contribution >= 4 is 5.97 Å². The number of hydrogen-bond acceptors (Lipinski definition) is 1. The average molecular weight is 164 g/mol. The van der Waals surface area contributed by atoms with Crippen molar-refractivity contribution in [3.8, 4) is 0 Å². The zero-order valence-corrected chi connectivity index (χ0v) is 6.02. The van der Waals surface area contributed by atoms with E-state index in [9.17, 15) is 13.6 Å². The molecule has 4 heteroatoms. The fourth-order valence-electron chi connectivity index (χ4n) is 0.899. The molecule has 1 aliphatic carbocycles. The molecular formula is C7H10F2O2. The van der Waals surface area contributed by atoms with Gasteiger partial charge in [-0.2, -0.15) is 8.78 Å². The summed E-state index contributed by atoms with van der Waals surface area (Å²) >= 11 is 0. The molecule has 2 nitrogen and oxygen atoms in total. The molecule has 1 fully saturated rings. The first kappa shape index (κ1) is 8.43. The van der Waals surface area contributed by atoms with Gasteiger partial charge in [-0.3, -0.25) is 0 Å². The zero-order valence-electron chi connectivity index (χ0n) is 6.02. The lowest BCUT2D eigenvalue weighted by molar-refractivity contribution is -0.165. The first-order valence-electron chi connectivity index (χ1n) is 3.63. The van der Waals surface area contributed by atoms with E-state index in [1.165, 1.54) is 0 Å². The van der Waals surface area contributed by atoms with Crippen molar-refractivity contribution in [3.05, 3.63) is 0 Å². The number of halogens is 2. The molecule has 11 heavy (non-hydrogen) atoms. The summed E-state index contributed by atoms with van der Waals surface area (Å²) in [4.78, 5) is 9.90. The van der Waals surface area contributed by atoms with E-state index in [2.05, 4.69) is 0 Å². The summed E-state index contributed by atoms with van der Waals surface area (Å²) in [5.74, 6) is -5.15. The van der Waals surface area contributed by atoms with Crippen molar-refractivity contribution in [1.82, 2.24) is 0 Å². The van der Waals surface area contributed by atoms with Crippen molar-refractivity contribution in [2.24, 2.45) is 5.92 Å². The highest BCUT2D eigenvalue weighted by atomic mass is 19.3. The van der Waals surface area contributed by atoms with Crippen LogP contribution in [0.15, 0.2) is 0 Å². The minimum Gasteiger partial charge on any atom is -0.477 e. The Morgan fingerprint density at radius 2 is 2.09 bits per heavy atom. The lowest BCUT2D eigenvalue weighted by Crippen LogP contribution is -2.27. The number of rotatable bonds is 4. The quantitative estimate of drug-likeness (QED) is 0.688. The minimum absolute atomic E-state index is 0.347. The molecule has 0 aromatic heterocycles. The molecule has 1 rings (SSSR count). The lowest BCUT2D eigenvalue weighted by atomic mass is 10.1. The molecule has 0 bridgehead atoms. The summed E-state index contributed by atoms with van der Waals surface area (Å²) in [5.41, 5.74) is 0. The molecule has 0 aromatic rings. The third kappa shape index (κ3) is 2.44. The lowest BCUT2D eigenvalue weighted by Gasteiger charge is -2.09. The maximum atomic E-state index is 12.3. The molecule has 1 N–H and O–H groups in total. The zero-order chi connectivity index (χ0) is 8.48. The maximum absolute atomic E-state index is 12.3. The highest BCUT2D eigenvalue weighted by Crippen LogP contribution is 2.36. The van der Waals surface area contributed by atoms with Gasteiger partial charge in [-0.1, -0.05) is 12.8 Å². The highest BCUT2D eigenvalue weighted by Gasteiger charge is 2.39. The van der Waals surface area contributed by atoms with E-state index in [0.717, 1.165) is 12.8 Å². The van der Waals surface area contributed by atoms with E-state index in [0.29, 0.717) is 12.3 Å². The van der Waals surface area contributed by atoms with Gasteiger partial charge in [0.15, 0.2) is 0 Å². The Kier molecular flexibility index (Phi) is 2.11. The molecule has 1 aliphatic rings. The second kappa shape index (κ2) is 2.75. The predicted octanol–water partition coefficient (Wildman–Crippen LogP) is 1.90. The van der Waals surface area contributed by atoms with E-state index in [4.69, 9.17) is 5.11 Å². The number of aliphatic carboxylic acids is 1. The molecule has 0 amide bonds. The number of hydrogen-bond donors (Lipinski definition) is 1. The van der Waals surface area contributed by atoms with Gasteiger partial charge >= 0.3 is 11.9 Å². The average Bonchev–Trinajstić information content (AvgIpc) is 2.65. The normalized spacial score (nSPS) is 18.4. The van der Waals surface area contributed by atoms with Crippen molar-refractivity contribution in [2.75, 3.05) is 0 Å². The van der Waals surface area contributed by atoms with Gasteiger partial charge in [-0.25, -0.2) is 4.79 Å². The molecule has 0 atom stereocenters. The van der Waals surface area contributed by atoms with Crippen LogP contribution in [0.25, 0.3) is 0 Å². The number of alkyl halides is 2. The number of carboxylic acid groups (broad SMARTS) is 1. The van der Waals surface area contributed by atoms with Crippen molar-refractivity contribution < 1.29 is 18.7 Å². The Hall–Kier alpha value is -0.670. The molecule has 0 heterocycles. The molecule has 0 saturated heterocycles. The fraction of sp³-hybridized carbons (Fsp3) is 0.857. The van der Waals surface area contributed by atoms with E-state index in [1.807, 2.05) is 0 Å². The van der Waals surface area contributed by atoms with Gasteiger partial charge in [0.2, 0.25) is 0 Å². The molecule has 0 unspecified atom stereocenters. The number of carboxylic acids is 1.